The van der Waals surface area contributed by atoms with Crippen LogP contribution < -0.4 is 4.89 Å². The Morgan fingerprint density at radius 1 is 1.18 bits per heavy atom. The van der Waals surface area contributed by atoms with Crippen molar-refractivity contribution in [2.24, 2.45) is 0 Å². The lowest BCUT2D eigenvalue weighted by Gasteiger charge is -2.27. The highest BCUT2D eigenvalue weighted by molar-refractivity contribution is 7.30. The second-order valence-electron chi connectivity index (χ2n) is 3.88. The van der Waals surface area contributed by atoms with Crippen molar-refractivity contribution in [2.75, 3.05) is 34.3 Å². The highest BCUT2D eigenvalue weighted by Crippen LogP contribution is 2.08. The van der Waals surface area contributed by atoms with Gasteiger partial charge in [-0.05, 0) is 4.57 Å². The van der Waals surface area contributed by atoms with Crippen molar-refractivity contribution in [3.8, 4) is 0 Å². The maximum atomic E-state index is 11.1. The van der Waals surface area contributed by atoms with Crippen molar-refractivity contribution in [1.82, 2.24) is 0 Å². The van der Waals surface area contributed by atoms with E-state index in [0.717, 1.165) is 0 Å². The lowest BCUT2D eigenvalue weighted by Crippen LogP contribution is -2.44. The molecule has 0 aliphatic rings. The van der Waals surface area contributed by atoms with Gasteiger partial charge < -0.3 is 14.4 Å². The normalized spacial score (nSPS) is 9.32. The van der Waals surface area contributed by atoms with Gasteiger partial charge in [0.1, 0.15) is 0 Å². The van der Waals surface area contributed by atoms with E-state index < -0.39 is 8.25 Å². The molecule has 138 valence electrons. The number of quaternary nitrogens is 1. The van der Waals surface area contributed by atoms with Crippen LogP contribution in [0.5, 0.6) is 0 Å². The first kappa shape index (κ1) is 37.4. The van der Waals surface area contributed by atoms with E-state index in [1.807, 2.05) is 0 Å². The molecule has 8 heteroatoms. The fraction of sp³-hybridized carbons (Fsp3) is 0.786. The van der Waals surface area contributed by atoms with Crippen LogP contribution in [0.3, 0.4) is 0 Å². The number of carbonyl (C=O) groups excluding carboxylic acids is 1. The van der Waals surface area contributed by atoms with Gasteiger partial charge in [0.15, 0.2) is 6.73 Å². The molecule has 0 spiro atoms. The van der Waals surface area contributed by atoms with Crippen molar-refractivity contribution in [3.63, 3.8) is 0 Å². The van der Waals surface area contributed by atoms with Crippen LogP contribution in [0, 0.1) is 0 Å². The summed E-state index contributed by atoms with van der Waals surface area (Å²) in [5.74, 6) is -0.370. The molecule has 0 heterocycles. The molecule has 0 aliphatic heterocycles. The molecule has 0 aromatic rings. The first-order valence-corrected chi connectivity index (χ1v) is 5.90. The summed E-state index contributed by atoms with van der Waals surface area (Å²) in [6.07, 6.45) is 1.61. The van der Waals surface area contributed by atoms with Gasteiger partial charge in [-0.3, -0.25) is 9.28 Å². The minimum absolute atomic E-state index is 0. The number of hydrogen-bond donors (Lipinski definition) is 0. The lowest BCUT2D eigenvalue weighted by molar-refractivity contribution is -0.926. The summed E-state index contributed by atoms with van der Waals surface area (Å²) >= 11 is 0. The Bertz CT molecular complexity index is 285. The molecule has 0 saturated heterocycles. The molecule has 22 heavy (non-hydrogen) atoms. The minimum atomic E-state index is -2.90. The Morgan fingerprint density at radius 2 is 1.68 bits per heavy atom. The molecule has 0 aromatic carbocycles. The van der Waals surface area contributed by atoms with E-state index in [1.165, 1.54) is 6.08 Å². The zero-order chi connectivity index (χ0) is 13.3. The van der Waals surface area contributed by atoms with E-state index in [1.54, 1.807) is 14.1 Å². The smallest absolute Gasteiger partial charge is 0.490 e. The van der Waals surface area contributed by atoms with E-state index in [4.69, 9.17) is 9.47 Å². The second-order valence-corrected chi connectivity index (χ2v) is 4.58. The predicted octanol–water partition coefficient (Wildman–Crippen LogP) is 3.29. The standard InChI is InChI=1S/C9H17NO6P.5CH4/c1-4-5-9(11)15-7-10(2,3)6-14-8-16-17(12)13;;;;;/h4H,1,5-8H2,2-3H3;5*1H4/q+1;;;;;. The van der Waals surface area contributed by atoms with Crippen LogP contribution >= 0.6 is 8.25 Å². The molecule has 0 aliphatic carbocycles. The van der Waals surface area contributed by atoms with Crippen LogP contribution in [-0.4, -0.2) is 44.8 Å². The molecule has 0 radical (unpaired) electrons. The van der Waals surface area contributed by atoms with Crippen LogP contribution in [0.2, 0.25) is 0 Å². The van der Waals surface area contributed by atoms with E-state index in [0.29, 0.717) is 0 Å². The number of rotatable bonds is 9. The van der Waals surface area contributed by atoms with Gasteiger partial charge in [-0.15, -0.1) is 11.1 Å². The first-order valence-electron chi connectivity index (χ1n) is 4.81. The van der Waals surface area contributed by atoms with Crippen molar-refractivity contribution in [3.05, 3.63) is 12.7 Å². The highest BCUT2D eigenvalue weighted by atomic mass is 31.1. The van der Waals surface area contributed by atoms with Crippen LogP contribution in [-0.2, 0) is 23.4 Å². The van der Waals surface area contributed by atoms with Gasteiger partial charge in [-0.1, -0.05) is 43.2 Å². The molecule has 0 aromatic heterocycles. The third-order valence-corrected chi connectivity index (χ3v) is 1.88. The summed E-state index contributed by atoms with van der Waals surface area (Å²) in [6.45, 7) is 3.35. The van der Waals surface area contributed by atoms with Crippen molar-refractivity contribution >= 4 is 14.2 Å². The Kier molecular flexibility index (Phi) is 34.3. The molecule has 1 atom stereocenters. The van der Waals surface area contributed by atoms with Crippen LogP contribution in [0.15, 0.2) is 12.7 Å². The van der Waals surface area contributed by atoms with Crippen LogP contribution in [0.25, 0.3) is 0 Å². The maximum absolute atomic E-state index is 11.1. The van der Waals surface area contributed by atoms with Gasteiger partial charge in [0.25, 0.3) is 0 Å². The Balaban J connectivity index is -0.000000128. The number of carbonyl (C=O) groups is 1. The van der Waals surface area contributed by atoms with Crippen molar-refractivity contribution < 1.29 is 32.7 Å². The second kappa shape index (κ2) is 20.1. The summed E-state index contributed by atoms with van der Waals surface area (Å²) in [6, 6.07) is 0. The van der Waals surface area contributed by atoms with E-state index in [-0.39, 0.29) is 74.3 Å². The molecule has 0 N–H and O–H groups in total. The molecule has 0 rings (SSSR count). The zero-order valence-electron chi connectivity index (χ0n) is 9.96. The average Bonchev–Trinajstić information content (AvgIpc) is 2.22. The molecule has 1 unspecified atom stereocenters. The van der Waals surface area contributed by atoms with E-state index in [2.05, 4.69) is 11.1 Å². The molecule has 0 amide bonds. The summed E-state index contributed by atoms with van der Waals surface area (Å²) < 4.78 is 24.4. The Labute approximate surface area is 138 Å². The van der Waals surface area contributed by atoms with Gasteiger partial charge in [0.2, 0.25) is 13.5 Å². The molecule has 0 bridgehead atoms. The van der Waals surface area contributed by atoms with Gasteiger partial charge in [-0.2, -0.15) is 0 Å². The average molecular weight is 346 g/mol. The van der Waals surface area contributed by atoms with Gasteiger partial charge in [-0.25, -0.2) is 0 Å². The largest absolute Gasteiger partial charge is 0.566 e. The van der Waals surface area contributed by atoms with Crippen LogP contribution in [0.4, 0.5) is 0 Å². The fourth-order valence-electron chi connectivity index (χ4n) is 0.825. The monoisotopic (exact) mass is 346 g/mol. The quantitative estimate of drug-likeness (QED) is 0.159. The maximum Gasteiger partial charge on any atom is 0.490 e. The number of hydrogen-bond acceptors (Lipinski definition) is 6. The fourth-order valence-corrected chi connectivity index (χ4v) is 0.986. The van der Waals surface area contributed by atoms with Gasteiger partial charge in [0.05, 0.1) is 20.5 Å². The zero-order valence-corrected chi connectivity index (χ0v) is 10.9. The van der Waals surface area contributed by atoms with Crippen molar-refractivity contribution in [2.45, 2.75) is 43.6 Å². The van der Waals surface area contributed by atoms with Crippen molar-refractivity contribution in [1.29, 1.82) is 0 Å². The molecule has 0 saturated carbocycles. The minimum Gasteiger partial charge on any atom is -0.566 e. The highest BCUT2D eigenvalue weighted by Gasteiger charge is 2.18. The molecule has 0 fully saturated rings. The predicted molar refractivity (Wildman–Crippen MR) is 91.0 cm³/mol. The summed E-state index contributed by atoms with van der Waals surface area (Å²) in [4.78, 5) is 21.1. The molecule has 7 nitrogen and oxygen atoms in total. The SMILES string of the molecule is C.C.C.C.C.C=CCC(=O)OC[N+](C)(C)COCO[P+](=O)[O-]. The number of esters is 1. The van der Waals surface area contributed by atoms with E-state index in [9.17, 15) is 14.3 Å². The Morgan fingerprint density at radius 3 is 2.09 bits per heavy atom. The molecular weight excluding hydrogens is 309 g/mol. The number of nitrogens with zero attached hydrogens (tertiary/aromatic N) is 1. The Hall–Kier alpha value is -0.850. The topological polar surface area (TPSA) is 84.9 Å². The lowest BCUT2D eigenvalue weighted by atomic mass is 10.4. The molecular formula is C14H37NO6P+. The third kappa shape index (κ3) is 24.2. The van der Waals surface area contributed by atoms with E-state index >= 15 is 0 Å². The van der Waals surface area contributed by atoms with Gasteiger partial charge in [0, 0.05) is 0 Å². The van der Waals surface area contributed by atoms with Crippen LogP contribution in [0.1, 0.15) is 43.6 Å². The van der Waals surface area contributed by atoms with Gasteiger partial charge >= 0.3 is 14.2 Å². The summed E-state index contributed by atoms with van der Waals surface area (Å²) in [5, 5.41) is 0. The summed E-state index contributed by atoms with van der Waals surface area (Å²) in [5.41, 5.74) is 0. The number of ether oxygens (including phenoxy) is 2. The first-order chi connectivity index (χ1) is 7.87. The third-order valence-electron chi connectivity index (χ3n) is 1.57. The summed E-state index contributed by atoms with van der Waals surface area (Å²) in [7, 11) is 0.625.